The molecule has 1 aromatic heterocycles. The molecule has 0 bridgehead atoms. The quantitative estimate of drug-likeness (QED) is 0.837. The van der Waals surface area contributed by atoms with Crippen LogP contribution in [0.4, 0.5) is 8.78 Å². The smallest absolute Gasteiger partial charge is 0.387 e. The normalized spacial score (nSPS) is 10.4. The van der Waals surface area contributed by atoms with E-state index in [2.05, 4.69) is 41.6 Å². The van der Waals surface area contributed by atoms with Gasteiger partial charge < -0.3 is 4.74 Å². The lowest BCUT2D eigenvalue weighted by molar-refractivity contribution is -0.0509. The molecule has 2 nitrogen and oxygen atoms in total. The summed E-state index contributed by atoms with van der Waals surface area (Å²) in [7, 11) is 0. The zero-order valence-electron chi connectivity index (χ0n) is 5.60. The molecule has 0 saturated carbocycles. The second kappa shape index (κ2) is 4.13. The number of halogens is 4. The van der Waals surface area contributed by atoms with Crippen molar-refractivity contribution >= 4 is 31.9 Å². The Morgan fingerprint density at radius 2 is 1.75 bits per heavy atom. The van der Waals surface area contributed by atoms with Crippen molar-refractivity contribution in [2.75, 3.05) is 0 Å². The Morgan fingerprint density at radius 3 is 2.17 bits per heavy atom. The highest BCUT2D eigenvalue weighted by Gasteiger charge is 2.11. The molecule has 0 atom stereocenters. The Kier molecular flexibility index (Phi) is 3.39. The Morgan fingerprint density at radius 1 is 1.25 bits per heavy atom. The number of hydrogen-bond acceptors (Lipinski definition) is 2. The molecule has 1 rings (SSSR count). The van der Waals surface area contributed by atoms with E-state index in [1.807, 2.05) is 0 Å². The number of ether oxygens (including phenoxy) is 1. The van der Waals surface area contributed by atoms with Crippen LogP contribution in [0.15, 0.2) is 21.3 Å². The number of alkyl halides is 2. The highest BCUT2D eigenvalue weighted by atomic mass is 79.9. The average Bonchev–Trinajstić information content (AvgIpc) is 1.97. The first-order valence-corrected chi connectivity index (χ1v) is 4.43. The summed E-state index contributed by atoms with van der Waals surface area (Å²) in [5.74, 6) is 0.0556. The van der Waals surface area contributed by atoms with Gasteiger partial charge in [-0.2, -0.15) is 8.78 Å². The van der Waals surface area contributed by atoms with Gasteiger partial charge in [-0.05, 0) is 31.9 Å². The molecular formula is C6H3Br2F2NO. The standard InChI is InChI=1S/C6H3Br2F2NO/c7-3-1-11-2-4(8)5(3)12-6(9)10/h1-2,6H. The van der Waals surface area contributed by atoms with Crippen LogP contribution in [0.1, 0.15) is 0 Å². The van der Waals surface area contributed by atoms with Crippen molar-refractivity contribution in [1.82, 2.24) is 4.98 Å². The van der Waals surface area contributed by atoms with E-state index in [0.717, 1.165) is 0 Å². The minimum absolute atomic E-state index is 0.0556. The molecular weight excluding hydrogens is 300 g/mol. The maximum absolute atomic E-state index is 11.8. The first kappa shape index (κ1) is 9.85. The largest absolute Gasteiger partial charge is 0.432 e. The van der Waals surface area contributed by atoms with Gasteiger partial charge in [-0.25, -0.2) is 0 Å². The van der Waals surface area contributed by atoms with Crippen molar-refractivity contribution in [3.8, 4) is 5.75 Å². The molecule has 0 aliphatic carbocycles. The Hall–Kier alpha value is -0.230. The number of rotatable bonds is 2. The van der Waals surface area contributed by atoms with Crippen LogP contribution in [0.2, 0.25) is 0 Å². The maximum Gasteiger partial charge on any atom is 0.387 e. The third-order valence-electron chi connectivity index (χ3n) is 1.02. The van der Waals surface area contributed by atoms with Gasteiger partial charge in [0, 0.05) is 12.4 Å². The van der Waals surface area contributed by atoms with E-state index >= 15 is 0 Å². The fourth-order valence-electron chi connectivity index (χ4n) is 0.601. The summed E-state index contributed by atoms with van der Waals surface area (Å²) in [4.78, 5) is 3.73. The van der Waals surface area contributed by atoms with Crippen molar-refractivity contribution in [1.29, 1.82) is 0 Å². The maximum atomic E-state index is 11.8. The van der Waals surface area contributed by atoms with Gasteiger partial charge in [-0.3, -0.25) is 4.98 Å². The summed E-state index contributed by atoms with van der Waals surface area (Å²) in [6, 6.07) is 0. The fourth-order valence-corrected chi connectivity index (χ4v) is 1.72. The first-order valence-electron chi connectivity index (χ1n) is 2.85. The van der Waals surface area contributed by atoms with E-state index in [0.29, 0.717) is 8.95 Å². The molecule has 0 saturated heterocycles. The van der Waals surface area contributed by atoms with Crippen LogP contribution < -0.4 is 4.74 Å². The molecule has 0 N–H and O–H groups in total. The van der Waals surface area contributed by atoms with Crippen LogP contribution in [0, 0.1) is 0 Å². The van der Waals surface area contributed by atoms with Crippen LogP contribution >= 0.6 is 31.9 Å². The minimum atomic E-state index is -2.83. The molecule has 0 aromatic carbocycles. The van der Waals surface area contributed by atoms with Crippen molar-refractivity contribution in [2.45, 2.75) is 6.61 Å². The lowest BCUT2D eigenvalue weighted by atomic mass is 10.5. The Bertz CT molecular complexity index is 262. The van der Waals surface area contributed by atoms with Crippen LogP contribution in [0.3, 0.4) is 0 Å². The van der Waals surface area contributed by atoms with Crippen LogP contribution in [0.25, 0.3) is 0 Å². The summed E-state index contributed by atoms with van der Waals surface area (Å²) in [5.41, 5.74) is 0. The highest BCUT2D eigenvalue weighted by molar-refractivity contribution is 9.11. The van der Waals surface area contributed by atoms with E-state index in [1.165, 1.54) is 12.4 Å². The van der Waals surface area contributed by atoms with Crippen molar-refractivity contribution in [3.63, 3.8) is 0 Å². The summed E-state index contributed by atoms with van der Waals surface area (Å²) >= 11 is 6.05. The van der Waals surface area contributed by atoms with E-state index < -0.39 is 6.61 Å². The Labute approximate surface area is 84.2 Å². The van der Waals surface area contributed by atoms with Gasteiger partial charge in [0.2, 0.25) is 0 Å². The molecule has 0 spiro atoms. The van der Waals surface area contributed by atoms with Gasteiger partial charge in [-0.1, -0.05) is 0 Å². The van der Waals surface area contributed by atoms with Crippen LogP contribution in [-0.2, 0) is 0 Å². The van der Waals surface area contributed by atoms with Gasteiger partial charge in [0.05, 0.1) is 8.95 Å². The molecule has 0 unspecified atom stereocenters. The predicted molar refractivity (Wildman–Crippen MR) is 46.3 cm³/mol. The molecule has 0 aliphatic rings. The second-order valence-corrected chi connectivity index (χ2v) is 3.52. The van der Waals surface area contributed by atoms with Crippen LogP contribution in [0.5, 0.6) is 5.75 Å². The fraction of sp³-hybridized carbons (Fsp3) is 0.167. The zero-order chi connectivity index (χ0) is 9.14. The molecule has 66 valence electrons. The molecule has 0 fully saturated rings. The third-order valence-corrected chi connectivity index (χ3v) is 2.15. The molecule has 1 aromatic rings. The Balaban J connectivity index is 2.96. The predicted octanol–water partition coefficient (Wildman–Crippen LogP) is 3.21. The molecule has 0 radical (unpaired) electrons. The van der Waals surface area contributed by atoms with E-state index in [9.17, 15) is 8.78 Å². The number of hydrogen-bond donors (Lipinski definition) is 0. The highest BCUT2D eigenvalue weighted by Crippen LogP contribution is 2.32. The van der Waals surface area contributed by atoms with Gasteiger partial charge in [0.25, 0.3) is 0 Å². The summed E-state index contributed by atoms with van der Waals surface area (Å²) < 4.78 is 28.6. The molecule has 6 heteroatoms. The lowest BCUT2D eigenvalue weighted by Crippen LogP contribution is -2.03. The van der Waals surface area contributed by atoms with E-state index in [4.69, 9.17) is 0 Å². The van der Waals surface area contributed by atoms with Gasteiger partial charge in [0.15, 0.2) is 5.75 Å². The minimum Gasteiger partial charge on any atom is -0.432 e. The average molecular weight is 303 g/mol. The van der Waals surface area contributed by atoms with Gasteiger partial charge in [0.1, 0.15) is 0 Å². The lowest BCUT2D eigenvalue weighted by Gasteiger charge is -2.07. The topological polar surface area (TPSA) is 22.1 Å². The third kappa shape index (κ3) is 2.38. The summed E-state index contributed by atoms with van der Waals surface area (Å²) in [5, 5.41) is 0. The van der Waals surface area contributed by atoms with E-state index in [-0.39, 0.29) is 5.75 Å². The molecule has 12 heavy (non-hydrogen) atoms. The van der Waals surface area contributed by atoms with Crippen LogP contribution in [-0.4, -0.2) is 11.6 Å². The second-order valence-electron chi connectivity index (χ2n) is 1.81. The molecule has 0 aliphatic heterocycles. The molecule has 0 amide bonds. The summed E-state index contributed by atoms with van der Waals surface area (Å²) in [6.45, 7) is -2.83. The first-order chi connectivity index (χ1) is 5.61. The number of pyridine rings is 1. The SMILES string of the molecule is FC(F)Oc1c(Br)cncc1Br. The van der Waals surface area contributed by atoms with Crippen molar-refractivity contribution < 1.29 is 13.5 Å². The van der Waals surface area contributed by atoms with E-state index in [1.54, 1.807) is 0 Å². The monoisotopic (exact) mass is 301 g/mol. The van der Waals surface area contributed by atoms with Gasteiger partial charge >= 0.3 is 6.61 Å². The zero-order valence-corrected chi connectivity index (χ0v) is 8.77. The number of aromatic nitrogens is 1. The number of nitrogens with zero attached hydrogens (tertiary/aromatic N) is 1. The van der Waals surface area contributed by atoms with Gasteiger partial charge in [-0.15, -0.1) is 0 Å². The van der Waals surface area contributed by atoms with Crippen molar-refractivity contribution in [2.24, 2.45) is 0 Å². The summed E-state index contributed by atoms with van der Waals surface area (Å²) in [6.07, 6.45) is 2.75. The molecule has 1 heterocycles. The van der Waals surface area contributed by atoms with Crippen molar-refractivity contribution in [3.05, 3.63) is 21.3 Å².